The molecular formula is C10H8ClN3O. The monoisotopic (exact) mass is 221 g/mol. The third kappa shape index (κ3) is 2.41. The molecule has 2 rings (SSSR count). The molecule has 0 aliphatic rings. The van der Waals surface area contributed by atoms with E-state index in [1.807, 2.05) is 13.0 Å². The molecule has 0 aliphatic carbocycles. The summed E-state index contributed by atoms with van der Waals surface area (Å²) in [6, 6.07) is 6.89. The van der Waals surface area contributed by atoms with Crippen molar-refractivity contribution in [3.63, 3.8) is 0 Å². The first-order valence-electron chi connectivity index (χ1n) is 4.34. The van der Waals surface area contributed by atoms with E-state index in [2.05, 4.69) is 15.2 Å². The quantitative estimate of drug-likeness (QED) is 0.782. The normalized spacial score (nSPS) is 10.0. The number of pyridine rings is 1. The zero-order valence-corrected chi connectivity index (χ0v) is 8.77. The lowest BCUT2D eigenvalue weighted by Gasteiger charge is -2.05. The topological polar surface area (TPSA) is 47.9 Å². The van der Waals surface area contributed by atoms with Gasteiger partial charge in [0.1, 0.15) is 0 Å². The summed E-state index contributed by atoms with van der Waals surface area (Å²) in [4.78, 5) is 4.09. The lowest BCUT2D eigenvalue weighted by Crippen LogP contribution is -1.93. The molecular weight excluding hydrogens is 214 g/mol. The molecule has 0 fully saturated rings. The van der Waals surface area contributed by atoms with Crippen molar-refractivity contribution in [3.8, 4) is 11.6 Å². The molecule has 0 radical (unpaired) electrons. The van der Waals surface area contributed by atoms with Crippen LogP contribution < -0.4 is 4.74 Å². The molecule has 2 aromatic rings. The maximum Gasteiger partial charge on any atom is 0.239 e. The van der Waals surface area contributed by atoms with Crippen molar-refractivity contribution in [2.75, 3.05) is 0 Å². The van der Waals surface area contributed by atoms with Crippen LogP contribution in [-0.4, -0.2) is 15.2 Å². The van der Waals surface area contributed by atoms with Gasteiger partial charge < -0.3 is 4.74 Å². The highest BCUT2D eigenvalue weighted by Crippen LogP contribution is 2.21. The van der Waals surface area contributed by atoms with Gasteiger partial charge in [-0.3, -0.25) is 4.98 Å². The van der Waals surface area contributed by atoms with E-state index in [-0.39, 0.29) is 0 Å². The van der Waals surface area contributed by atoms with Crippen molar-refractivity contribution in [2.24, 2.45) is 0 Å². The van der Waals surface area contributed by atoms with Gasteiger partial charge in [0.15, 0.2) is 10.9 Å². The Morgan fingerprint density at radius 1 is 1.20 bits per heavy atom. The van der Waals surface area contributed by atoms with E-state index in [4.69, 9.17) is 16.3 Å². The van der Waals surface area contributed by atoms with Crippen molar-refractivity contribution >= 4 is 11.6 Å². The molecule has 0 bridgehead atoms. The minimum absolute atomic E-state index is 0.338. The van der Waals surface area contributed by atoms with Crippen LogP contribution in [0.25, 0.3) is 0 Å². The Morgan fingerprint density at radius 3 is 2.73 bits per heavy atom. The number of aromatic nitrogens is 3. The summed E-state index contributed by atoms with van der Waals surface area (Å²) in [5.41, 5.74) is 0.800. The van der Waals surface area contributed by atoms with Crippen LogP contribution in [0.2, 0.25) is 5.15 Å². The molecule has 4 nitrogen and oxygen atoms in total. The van der Waals surface area contributed by atoms with Gasteiger partial charge in [-0.15, -0.1) is 10.2 Å². The molecule has 5 heteroatoms. The molecule has 76 valence electrons. The zero-order valence-electron chi connectivity index (χ0n) is 8.01. The molecule has 0 aliphatic heterocycles. The summed E-state index contributed by atoms with van der Waals surface area (Å²) in [6.45, 7) is 1.86. The molecule has 15 heavy (non-hydrogen) atoms. The number of hydrogen-bond donors (Lipinski definition) is 0. The fourth-order valence-electron chi connectivity index (χ4n) is 1.05. The van der Waals surface area contributed by atoms with Crippen molar-refractivity contribution in [3.05, 3.63) is 41.3 Å². The molecule has 0 amide bonds. The van der Waals surface area contributed by atoms with Gasteiger partial charge in [0.25, 0.3) is 0 Å². The second-order valence-corrected chi connectivity index (χ2v) is 3.27. The number of ether oxygens (including phenoxy) is 1. The fourth-order valence-corrected chi connectivity index (χ4v) is 1.15. The summed E-state index contributed by atoms with van der Waals surface area (Å²) in [5.74, 6) is 1.06. The van der Waals surface area contributed by atoms with Gasteiger partial charge >= 0.3 is 0 Å². The minimum Gasteiger partial charge on any atom is -0.436 e. The van der Waals surface area contributed by atoms with Gasteiger partial charge in [-0.2, -0.15) is 0 Å². The predicted molar refractivity (Wildman–Crippen MR) is 56.1 cm³/mol. The standard InChI is InChI=1S/C10H8ClN3O/c1-7-8(3-2-6-12-7)15-10-5-4-9(11)13-14-10/h2-6H,1H3. The molecule has 0 N–H and O–H groups in total. The average Bonchev–Trinajstić information content (AvgIpc) is 2.25. The van der Waals surface area contributed by atoms with Crippen LogP contribution in [0.1, 0.15) is 5.69 Å². The van der Waals surface area contributed by atoms with Crippen LogP contribution in [-0.2, 0) is 0 Å². The highest BCUT2D eigenvalue weighted by Gasteiger charge is 2.02. The maximum absolute atomic E-state index is 5.60. The summed E-state index contributed by atoms with van der Waals surface area (Å²) in [6.07, 6.45) is 1.70. The highest BCUT2D eigenvalue weighted by molar-refractivity contribution is 6.29. The van der Waals surface area contributed by atoms with E-state index >= 15 is 0 Å². The Morgan fingerprint density at radius 2 is 2.07 bits per heavy atom. The van der Waals surface area contributed by atoms with E-state index < -0.39 is 0 Å². The molecule has 2 aromatic heterocycles. The van der Waals surface area contributed by atoms with Crippen LogP contribution in [0.3, 0.4) is 0 Å². The summed E-state index contributed by atoms with van der Waals surface area (Å²) < 4.78 is 5.47. The molecule has 0 unspecified atom stereocenters. The SMILES string of the molecule is Cc1ncccc1Oc1ccc(Cl)nn1. The first kappa shape index (κ1) is 9.86. The van der Waals surface area contributed by atoms with Crippen molar-refractivity contribution in [1.82, 2.24) is 15.2 Å². The number of rotatable bonds is 2. The minimum atomic E-state index is 0.338. The number of aryl methyl sites for hydroxylation is 1. The third-order valence-corrected chi connectivity index (χ3v) is 1.98. The Bertz CT molecular complexity index is 458. The molecule has 0 saturated heterocycles. The summed E-state index contributed by atoms with van der Waals surface area (Å²) >= 11 is 5.60. The van der Waals surface area contributed by atoms with E-state index in [1.165, 1.54) is 0 Å². The predicted octanol–water partition coefficient (Wildman–Crippen LogP) is 2.63. The lowest BCUT2D eigenvalue weighted by molar-refractivity contribution is 0.449. The van der Waals surface area contributed by atoms with E-state index in [9.17, 15) is 0 Å². The number of nitrogens with zero attached hydrogens (tertiary/aromatic N) is 3. The van der Waals surface area contributed by atoms with Gasteiger partial charge in [0, 0.05) is 12.3 Å². The van der Waals surface area contributed by atoms with Crippen LogP contribution in [0.15, 0.2) is 30.5 Å². The fraction of sp³-hybridized carbons (Fsp3) is 0.100. The molecule has 0 spiro atoms. The van der Waals surface area contributed by atoms with Crippen LogP contribution >= 0.6 is 11.6 Å². The molecule has 2 heterocycles. The van der Waals surface area contributed by atoms with E-state index in [0.717, 1.165) is 5.69 Å². The van der Waals surface area contributed by atoms with Crippen molar-refractivity contribution in [2.45, 2.75) is 6.92 Å². The zero-order chi connectivity index (χ0) is 10.7. The maximum atomic E-state index is 5.60. The van der Waals surface area contributed by atoms with Crippen molar-refractivity contribution in [1.29, 1.82) is 0 Å². The Balaban J connectivity index is 2.22. The van der Waals surface area contributed by atoms with E-state index in [1.54, 1.807) is 24.4 Å². The Labute approximate surface area is 91.9 Å². The number of hydrogen-bond acceptors (Lipinski definition) is 4. The van der Waals surface area contributed by atoms with Gasteiger partial charge in [0.2, 0.25) is 5.88 Å². The lowest BCUT2D eigenvalue weighted by atomic mass is 10.3. The van der Waals surface area contributed by atoms with Crippen LogP contribution in [0.4, 0.5) is 0 Å². The highest BCUT2D eigenvalue weighted by atomic mass is 35.5. The third-order valence-electron chi connectivity index (χ3n) is 1.78. The average molecular weight is 222 g/mol. The molecule has 0 aromatic carbocycles. The van der Waals surface area contributed by atoms with Gasteiger partial charge in [-0.25, -0.2) is 0 Å². The first-order valence-corrected chi connectivity index (χ1v) is 4.72. The second kappa shape index (κ2) is 4.23. The van der Waals surface area contributed by atoms with Gasteiger partial charge in [-0.1, -0.05) is 11.6 Å². The van der Waals surface area contributed by atoms with Crippen LogP contribution in [0.5, 0.6) is 11.6 Å². The largest absolute Gasteiger partial charge is 0.436 e. The summed E-state index contributed by atoms with van der Waals surface area (Å²) in [7, 11) is 0. The second-order valence-electron chi connectivity index (χ2n) is 2.88. The first-order chi connectivity index (χ1) is 7.25. The van der Waals surface area contributed by atoms with Gasteiger partial charge in [0.05, 0.1) is 5.69 Å². The van der Waals surface area contributed by atoms with E-state index in [0.29, 0.717) is 16.8 Å². The summed E-state index contributed by atoms with van der Waals surface area (Å²) in [5, 5.41) is 7.80. The van der Waals surface area contributed by atoms with Crippen molar-refractivity contribution < 1.29 is 4.74 Å². The smallest absolute Gasteiger partial charge is 0.239 e. The molecule has 0 saturated carbocycles. The Kier molecular flexibility index (Phi) is 2.78. The number of halogens is 1. The Hall–Kier alpha value is -1.68. The van der Waals surface area contributed by atoms with Crippen LogP contribution in [0, 0.1) is 6.92 Å². The molecule has 0 atom stereocenters. The van der Waals surface area contributed by atoms with Gasteiger partial charge in [-0.05, 0) is 25.1 Å².